The quantitative estimate of drug-likeness (QED) is 0.729. The minimum absolute atomic E-state index is 0.131. The molecule has 2 fully saturated rings. The van der Waals surface area contributed by atoms with Crippen LogP contribution in [0.2, 0.25) is 0 Å². The lowest BCUT2D eigenvalue weighted by molar-refractivity contribution is 0.0950. The Kier molecular flexibility index (Phi) is 4.51. The largest absolute Gasteiger partial charge is 0.383 e. The van der Waals surface area contributed by atoms with E-state index in [0.29, 0.717) is 35.5 Å². The van der Waals surface area contributed by atoms with E-state index in [2.05, 4.69) is 20.6 Å². The molecule has 0 aliphatic heterocycles. The summed E-state index contributed by atoms with van der Waals surface area (Å²) in [7, 11) is 0. The summed E-state index contributed by atoms with van der Waals surface area (Å²) in [4.78, 5) is 33.4. The molecule has 2 saturated carbocycles. The third kappa shape index (κ3) is 4.07. The predicted octanol–water partition coefficient (Wildman–Crippen LogP) is 2.64. The van der Waals surface area contributed by atoms with Gasteiger partial charge in [-0.1, -0.05) is 6.07 Å². The van der Waals surface area contributed by atoms with Gasteiger partial charge in [0.05, 0.1) is 0 Å². The van der Waals surface area contributed by atoms with Crippen LogP contribution in [0.1, 0.15) is 63.7 Å². The van der Waals surface area contributed by atoms with Gasteiger partial charge in [-0.2, -0.15) is 0 Å². The number of aromatic nitrogens is 2. The molecule has 1 aromatic heterocycles. The Balaban J connectivity index is 1.48. The van der Waals surface area contributed by atoms with Crippen molar-refractivity contribution in [3.63, 3.8) is 0 Å². The van der Waals surface area contributed by atoms with Crippen molar-refractivity contribution in [3.05, 3.63) is 46.9 Å². The van der Waals surface area contributed by atoms with Gasteiger partial charge in [0.15, 0.2) is 0 Å². The second kappa shape index (κ2) is 6.98. The fourth-order valence-electron chi connectivity index (χ4n) is 2.87. The SMILES string of the molecule is Cc1ccc(C(=O)NCC2CC2)cc1NC(=O)c1cnc(C2CC2)nc1N. The third-order valence-electron chi connectivity index (χ3n) is 5.02. The second-order valence-electron chi connectivity index (χ2n) is 7.44. The predicted molar refractivity (Wildman–Crippen MR) is 103 cm³/mol. The molecule has 1 aromatic carbocycles. The first-order valence-electron chi connectivity index (χ1n) is 9.34. The van der Waals surface area contributed by atoms with Gasteiger partial charge in [-0.05, 0) is 56.2 Å². The van der Waals surface area contributed by atoms with Gasteiger partial charge >= 0.3 is 0 Å². The van der Waals surface area contributed by atoms with E-state index >= 15 is 0 Å². The molecule has 140 valence electrons. The summed E-state index contributed by atoms with van der Waals surface area (Å²) in [5.41, 5.74) is 8.14. The Morgan fingerprint density at radius 2 is 1.96 bits per heavy atom. The Labute approximate surface area is 157 Å². The van der Waals surface area contributed by atoms with Gasteiger partial charge in [0.1, 0.15) is 17.2 Å². The van der Waals surface area contributed by atoms with E-state index in [1.165, 1.54) is 19.0 Å². The number of anilines is 2. The molecule has 4 N–H and O–H groups in total. The highest BCUT2D eigenvalue weighted by atomic mass is 16.2. The molecule has 0 radical (unpaired) electrons. The van der Waals surface area contributed by atoms with Crippen molar-refractivity contribution < 1.29 is 9.59 Å². The van der Waals surface area contributed by atoms with E-state index in [4.69, 9.17) is 5.73 Å². The van der Waals surface area contributed by atoms with E-state index in [1.807, 2.05) is 13.0 Å². The maximum atomic E-state index is 12.6. The normalized spacial score (nSPS) is 16.0. The Morgan fingerprint density at radius 3 is 2.63 bits per heavy atom. The van der Waals surface area contributed by atoms with Gasteiger partial charge < -0.3 is 16.4 Å². The average molecular weight is 365 g/mol. The van der Waals surface area contributed by atoms with Crippen molar-refractivity contribution in [2.45, 2.75) is 38.5 Å². The average Bonchev–Trinajstić information content (AvgIpc) is 3.55. The van der Waals surface area contributed by atoms with Gasteiger partial charge in [0.25, 0.3) is 11.8 Å². The molecule has 0 atom stereocenters. The van der Waals surface area contributed by atoms with Crippen LogP contribution in [0.25, 0.3) is 0 Å². The molecular formula is C20H23N5O2. The van der Waals surface area contributed by atoms with E-state index in [9.17, 15) is 9.59 Å². The molecule has 7 heteroatoms. The molecule has 0 bridgehead atoms. The van der Waals surface area contributed by atoms with Crippen LogP contribution in [0.5, 0.6) is 0 Å². The number of rotatable bonds is 6. The zero-order valence-corrected chi connectivity index (χ0v) is 15.3. The molecular weight excluding hydrogens is 342 g/mol. The third-order valence-corrected chi connectivity index (χ3v) is 5.02. The van der Waals surface area contributed by atoms with Gasteiger partial charge in [0, 0.05) is 29.9 Å². The second-order valence-corrected chi connectivity index (χ2v) is 7.44. The lowest BCUT2D eigenvalue weighted by Crippen LogP contribution is -2.25. The van der Waals surface area contributed by atoms with Crippen LogP contribution in [0, 0.1) is 12.8 Å². The zero-order chi connectivity index (χ0) is 19.0. The monoisotopic (exact) mass is 365 g/mol. The Morgan fingerprint density at radius 1 is 1.19 bits per heavy atom. The molecule has 1 heterocycles. The molecule has 27 heavy (non-hydrogen) atoms. The fourth-order valence-corrected chi connectivity index (χ4v) is 2.87. The molecule has 7 nitrogen and oxygen atoms in total. The summed E-state index contributed by atoms with van der Waals surface area (Å²) < 4.78 is 0. The van der Waals surface area contributed by atoms with Gasteiger partial charge in [-0.15, -0.1) is 0 Å². The highest BCUT2D eigenvalue weighted by Gasteiger charge is 2.27. The van der Waals surface area contributed by atoms with Gasteiger partial charge in [0.2, 0.25) is 0 Å². The summed E-state index contributed by atoms with van der Waals surface area (Å²) in [6.07, 6.45) is 5.98. The number of hydrogen-bond acceptors (Lipinski definition) is 5. The number of nitrogens with zero attached hydrogens (tertiary/aromatic N) is 2. The van der Waals surface area contributed by atoms with Gasteiger partial charge in [-0.25, -0.2) is 9.97 Å². The number of aryl methyl sites for hydroxylation is 1. The van der Waals surface area contributed by atoms with E-state index < -0.39 is 0 Å². The molecule has 0 unspecified atom stereocenters. The summed E-state index contributed by atoms with van der Waals surface area (Å²) in [6.45, 7) is 2.58. The fraction of sp³-hybridized carbons (Fsp3) is 0.400. The van der Waals surface area contributed by atoms with Crippen LogP contribution >= 0.6 is 0 Å². The maximum absolute atomic E-state index is 12.6. The minimum Gasteiger partial charge on any atom is -0.383 e. The van der Waals surface area contributed by atoms with Crippen molar-refractivity contribution >= 4 is 23.3 Å². The maximum Gasteiger partial charge on any atom is 0.260 e. The lowest BCUT2D eigenvalue weighted by Gasteiger charge is -2.12. The number of nitrogen functional groups attached to an aromatic ring is 1. The van der Waals surface area contributed by atoms with Crippen molar-refractivity contribution in [3.8, 4) is 0 Å². The van der Waals surface area contributed by atoms with Crippen LogP contribution in [-0.2, 0) is 0 Å². The number of carbonyl (C=O) groups is 2. The zero-order valence-electron chi connectivity index (χ0n) is 15.3. The first-order chi connectivity index (χ1) is 13.0. The van der Waals surface area contributed by atoms with E-state index in [1.54, 1.807) is 12.1 Å². The number of benzene rings is 1. The lowest BCUT2D eigenvalue weighted by atomic mass is 10.1. The molecule has 2 aliphatic rings. The summed E-state index contributed by atoms with van der Waals surface area (Å²) in [6, 6.07) is 5.26. The van der Waals surface area contributed by atoms with Crippen LogP contribution in [-0.4, -0.2) is 28.3 Å². The molecule has 2 amide bonds. The topological polar surface area (TPSA) is 110 Å². The Bertz CT molecular complexity index is 903. The first kappa shape index (κ1) is 17.5. The van der Waals surface area contributed by atoms with Crippen molar-refractivity contribution in [1.29, 1.82) is 0 Å². The summed E-state index contributed by atoms with van der Waals surface area (Å²) in [5, 5.41) is 5.76. The summed E-state index contributed by atoms with van der Waals surface area (Å²) >= 11 is 0. The Hall–Kier alpha value is -2.96. The number of nitrogens with one attached hydrogen (secondary N) is 2. The molecule has 2 aliphatic carbocycles. The smallest absolute Gasteiger partial charge is 0.260 e. The van der Waals surface area contributed by atoms with Crippen LogP contribution in [0.3, 0.4) is 0 Å². The van der Waals surface area contributed by atoms with Crippen molar-refractivity contribution in [1.82, 2.24) is 15.3 Å². The number of hydrogen-bond donors (Lipinski definition) is 3. The standard InChI is InChI=1S/C20H23N5O2/c1-11-2-5-14(19(26)23-9-12-3-4-12)8-16(11)24-20(27)15-10-22-18(13-6-7-13)25-17(15)21/h2,5,8,10,12-13H,3-4,6-7,9H2,1H3,(H,23,26)(H,24,27)(H2,21,22,25). The van der Waals surface area contributed by atoms with Crippen LogP contribution in [0.15, 0.2) is 24.4 Å². The van der Waals surface area contributed by atoms with Crippen LogP contribution in [0.4, 0.5) is 11.5 Å². The molecule has 4 rings (SSSR count). The molecule has 2 aromatic rings. The van der Waals surface area contributed by atoms with Gasteiger partial charge in [-0.3, -0.25) is 9.59 Å². The highest BCUT2D eigenvalue weighted by Crippen LogP contribution is 2.38. The van der Waals surface area contributed by atoms with Crippen LogP contribution < -0.4 is 16.4 Å². The van der Waals surface area contributed by atoms with Crippen molar-refractivity contribution in [2.75, 3.05) is 17.6 Å². The van der Waals surface area contributed by atoms with E-state index in [0.717, 1.165) is 18.4 Å². The summed E-state index contributed by atoms with van der Waals surface area (Å²) in [5.74, 6) is 1.36. The number of amides is 2. The minimum atomic E-state index is -0.381. The number of carbonyl (C=O) groups excluding carboxylic acids is 2. The molecule has 0 spiro atoms. The highest BCUT2D eigenvalue weighted by molar-refractivity contribution is 6.08. The molecule has 0 saturated heterocycles. The first-order valence-corrected chi connectivity index (χ1v) is 9.34. The van der Waals surface area contributed by atoms with Crippen molar-refractivity contribution in [2.24, 2.45) is 5.92 Å². The van der Waals surface area contributed by atoms with E-state index in [-0.39, 0.29) is 23.2 Å². The number of nitrogens with two attached hydrogens (primary N) is 1.